The van der Waals surface area contributed by atoms with E-state index in [0.29, 0.717) is 18.5 Å². The zero-order chi connectivity index (χ0) is 30.8. The van der Waals surface area contributed by atoms with Gasteiger partial charge in [-0.05, 0) is 60.0 Å². The molecule has 1 aromatic heterocycles. The molecule has 10 heteroatoms. The molecule has 2 atom stereocenters. The van der Waals surface area contributed by atoms with Gasteiger partial charge in [0.2, 0.25) is 5.91 Å². The summed E-state index contributed by atoms with van der Waals surface area (Å²) in [4.78, 5) is 64.0. The van der Waals surface area contributed by atoms with Gasteiger partial charge in [-0.2, -0.15) is 0 Å². The Bertz CT molecular complexity index is 1670. The van der Waals surface area contributed by atoms with Crippen molar-refractivity contribution >= 4 is 40.0 Å². The summed E-state index contributed by atoms with van der Waals surface area (Å²) in [5, 5.41) is 19.4. The third-order valence-corrected chi connectivity index (χ3v) is 7.08. The van der Waals surface area contributed by atoms with Gasteiger partial charge < -0.3 is 25.6 Å². The highest BCUT2D eigenvalue weighted by molar-refractivity contribution is 6.06. The first-order valence-electron chi connectivity index (χ1n) is 14.1. The van der Waals surface area contributed by atoms with Crippen molar-refractivity contribution in [2.75, 3.05) is 18.4 Å². The molecule has 43 heavy (non-hydrogen) atoms. The molecular formula is C33H34N4O6. The normalized spacial score (nSPS) is 12.3. The van der Waals surface area contributed by atoms with Gasteiger partial charge in [0.05, 0.1) is 19.0 Å². The minimum Gasteiger partial charge on any atom is -0.481 e. The lowest BCUT2D eigenvalue weighted by atomic mass is 10.1. The Hall–Kier alpha value is -5.09. The molecule has 0 spiro atoms. The molecule has 0 aliphatic carbocycles. The highest BCUT2D eigenvalue weighted by Gasteiger charge is 2.28. The van der Waals surface area contributed by atoms with E-state index in [1.54, 1.807) is 19.1 Å². The number of anilines is 1. The molecule has 222 valence electrons. The fourth-order valence-corrected chi connectivity index (χ4v) is 4.78. The van der Waals surface area contributed by atoms with Gasteiger partial charge in [0.25, 0.3) is 11.5 Å². The number of nitrogens with zero attached hydrogens (tertiary/aromatic N) is 1. The van der Waals surface area contributed by atoms with Crippen LogP contribution in [0.25, 0.3) is 10.8 Å². The Balaban J connectivity index is 1.43. The van der Waals surface area contributed by atoms with Gasteiger partial charge >= 0.3 is 5.97 Å². The molecule has 3 aromatic carbocycles. The Morgan fingerprint density at radius 1 is 0.884 bits per heavy atom. The van der Waals surface area contributed by atoms with Crippen LogP contribution in [0.2, 0.25) is 0 Å². The van der Waals surface area contributed by atoms with Crippen LogP contribution in [0, 0.1) is 0 Å². The summed E-state index contributed by atoms with van der Waals surface area (Å²) >= 11 is 0. The number of carbonyl (C=O) groups excluding carboxylic acids is 3. The van der Waals surface area contributed by atoms with Crippen LogP contribution >= 0.6 is 0 Å². The fourth-order valence-electron chi connectivity index (χ4n) is 4.78. The number of carboxylic acids is 1. The first kappa shape index (κ1) is 30.9. The molecule has 0 fully saturated rings. The Labute approximate surface area is 248 Å². The van der Waals surface area contributed by atoms with Crippen LogP contribution in [0.15, 0.2) is 95.9 Å². The first-order chi connectivity index (χ1) is 20.8. The van der Waals surface area contributed by atoms with Crippen LogP contribution in [0.4, 0.5) is 5.69 Å². The van der Waals surface area contributed by atoms with Crippen LogP contribution in [0.1, 0.15) is 41.7 Å². The summed E-state index contributed by atoms with van der Waals surface area (Å²) in [6.07, 6.45) is 1.68. The number of amides is 2. The molecule has 0 aliphatic rings. The third-order valence-electron chi connectivity index (χ3n) is 7.08. The minimum absolute atomic E-state index is 0.0207. The molecule has 4 N–H and O–H groups in total. The summed E-state index contributed by atoms with van der Waals surface area (Å²) in [7, 11) is 0. The van der Waals surface area contributed by atoms with Crippen LogP contribution in [0.5, 0.6) is 0 Å². The van der Waals surface area contributed by atoms with Gasteiger partial charge in [0, 0.05) is 11.8 Å². The van der Waals surface area contributed by atoms with Crippen LogP contribution < -0.4 is 21.5 Å². The van der Waals surface area contributed by atoms with E-state index in [1.807, 2.05) is 60.7 Å². The predicted octanol–water partition coefficient (Wildman–Crippen LogP) is 3.57. The van der Waals surface area contributed by atoms with Gasteiger partial charge in [-0.1, -0.05) is 67.6 Å². The molecule has 0 saturated carbocycles. The molecule has 2 amide bonds. The number of ketones is 1. The third kappa shape index (κ3) is 8.23. The molecule has 4 aromatic rings. The van der Waals surface area contributed by atoms with Gasteiger partial charge in [0.1, 0.15) is 11.7 Å². The van der Waals surface area contributed by atoms with Crippen LogP contribution in [0.3, 0.4) is 0 Å². The van der Waals surface area contributed by atoms with Crippen molar-refractivity contribution in [3.8, 4) is 0 Å². The van der Waals surface area contributed by atoms with Crippen molar-refractivity contribution in [3.05, 3.63) is 113 Å². The van der Waals surface area contributed by atoms with Gasteiger partial charge in [-0.3, -0.25) is 24.0 Å². The first-order valence-corrected chi connectivity index (χ1v) is 14.1. The smallest absolute Gasteiger partial charge is 0.305 e. The topological polar surface area (TPSA) is 147 Å². The van der Waals surface area contributed by atoms with E-state index in [2.05, 4.69) is 16.0 Å². The van der Waals surface area contributed by atoms with E-state index in [9.17, 15) is 29.1 Å². The minimum atomic E-state index is -1.28. The standard InChI is InChI=1S/C33H34N4O6/c1-2-28(32(42)36-27(20-30(39)40)29(38)21-34-17-16-22-9-4-3-5-10-22)37-18-8-13-26(33(37)43)35-31(41)25-15-14-23-11-6-7-12-24(23)19-25/h3-15,18-19,27-28,34H,2,16-17,20-21H2,1H3,(H,35,41)(H,36,42)(H,39,40)/t27-,28?/m0/s1. The molecule has 1 heterocycles. The predicted molar refractivity (Wildman–Crippen MR) is 164 cm³/mol. The number of nitrogens with one attached hydrogen (secondary N) is 3. The van der Waals surface area contributed by atoms with Gasteiger partial charge in [0.15, 0.2) is 5.78 Å². The lowest BCUT2D eigenvalue weighted by Crippen LogP contribution is -2.49. The zero-order valence-electron chi connectivity index (χ0n) is 23.8. The summed E-state index contributed by atoms with van der Waals surface area (Å²) in [5.41, 5.74) is 0.824. The van der Waals surface area contributed by atoms with E-state index >= 15 is 0 Å². The molecule has 0 radical (unpaired) electrons. The number of carboxylic acid groups (broad SMARTS) is 1. The van der Waals surface area contributed by atoms with Crippen molar-refractivity contribution in [3.63, 3.8) is 0 Å². The quantitative estimate of drug-likeness (QED) is 0.166. The van der Waals surface area contributed by atoms with Crippen molar-refractivity contribution in [1.29, 1.82) is 0 Å². The molecule has 10 nitrogen and oxygen atoms in total. The Morgan fingerprint density at radius 2 is 1.60 bits per heavy atom. The maximum Gasteiger partial charge on any atom is 0.305 e. The average Bonchev–Trinajstić information content (AvgIpc) is 3.01. The Morgan fingerprint density at radius 3 is 2.33 bits per heavy atom. The number of aliphatic carboxylic acids is 1. The largest absolute Gasteiger partial charge is 0.481 e. The fraction of sp³-hybridized carbons (Fsp3) is 0.242. The second-order valence-corrected chi connectivity index (χ2v) is 10.1. The summed E-state index contributed by atoms with van der Waals surface area (Å²) in [6.45, 7) is 2.06. The molecule has 1 unspecified atom stereocenters. The average molecular weight is 583 g/mol. The van der Waals surface area contributed by atoms with Crippen LogP contribution in [-0.4, -0.2) is 52.4 Å². The maximum atomic E-state index is 13.3. The summed E-state index contributed by atoms with van der Waals surface area (Å²) < 4.78 is 1.17. The number of carbonyl (C=O) groups is 4. The molecule has 0 bridgehead atoms. The SMILES string of the molecule is CCC(C(=O)N[C@@H](CC(=O)O)C(=O)CNCCc1ccccc1)n1cccc(NC(=O)c2ccc3ccccc3c2)c1=O. The number of aromatic nitrogens is 1. The second kappa shape index (κ2) is 14.7. The summed E-state index contributed by atoms with van der Waals surface area (Å²) in [6, 6.07) is 23.1. The van der Waals surface area contributed by atoms with E-state index < -0.39 is 47.6 Å². The molecule has 0 saturated heterocycles. The zero-order valence-corrected chi connectivity index (χ0v) is 23.8. The van der Waals surface area contributed by atoms with Crippen molar-refractivity contribution in [2.24, 2.45) is 0 Å². The van der Waals surface area contributed by atoms with E-state index in [-0.39, 0.29) is 18.7 Å². The number of rotatable bonds is 14. The van der Waals surface area contributed by atoms with Crippen molar-refractivity contribution in [1.82, 2.24) is 15.2 Å². The maximum absolute atomic E-state index is 13.3. The number of benzene rings is 3. The number of pyridine rings is 1. The number of fused-ring (bicyclic) bond motifs is 1. The highest BCUT2D eigenvalue weighted by Crippen LogP contribution is 2.17. The number of hydrogen-bond acceptors (Lipinski definition) is 6. The highest BCUT2D eigenvalue weighted by atomic mass is 16.4. The Kier molecular flexibility index (Phi) is 10.5. The monoisotopic (exact) mass is 582 g/mol. The number of Topliss-reactive ketones (excluding diaryl/α,β-unsaturated/α-hetero) is 1. The molecule has 4 rings (SSSR count). The van der Waals surface area contributed by atoms with Crippen molar-refractivity contribution in [2.45, 2.75) is 38.3 Å². The van der Waals surface area contributed by atoms with E-state index in [4.69, 9.17) is 0 Å². The van der Waals surface area contributed by atoms with E-state index in [1.165, 1.54) is 22.9 Å². The van der Waals surface area contributed by atoms with Crippen molar-refractivity contribution < 1.29 is 24.3 Å². The lowest BCUT2D eigenvalue weighted by molar-refractivity contribution is -0.140. The van der Waals surface area contributed by atoms with Gasteiger partial charge in [-0.15, -0.1) is 0 Å². The lowest BCUT2D eigenvalue weighted by Gasteiger charge is -2.22. The van der Waals surface area contributed by atoms with E-state index in [0.717, 1.165) is 16.3 Å². The summed E-state index contributed by atoms with van der Waals surface area (Å²) in [5.74, 6) is -2.88. The molecular weight excluding hydrogens is 548 g/mol. The molecule has 0 aliphatic heterocycles. The number of hydrogen-bond donors (Lipinski definition) is 4. The van der Waals surface area contributed by atoms with Crippen LogP contribution in [-0.2, 0) is 20.8 Å². The van der Waals surface area contributed by atoms with Gasteiger partial charge in [-0.25, -0.2) is 0 Å². The second-order valence-electron chi connectivity index (χ2n) is 10.1.